The van der Waals surface area contributed by atoms with Crippen LogP contribution in [0.15, 0.2) is 0 Å². The zero-order valence-electron chi connectivity index (χ0n) is 8.15. The lowest BCUT2D eigenvalue weighted by Gasteiger charge is -1.90. The fraction of sp³-hybridized carbons (Fsp3) is 1.00. The van der Waals surface area contributed by atoms with E-state index in [0.29, 0.717) is 0 Å². The summed E-state index contributed by atoms with van der Waals surface area (Å²) in [6.07, 6.45) is 2.78. The van der Waals surface area contributed by atoms with Crippen LogP contribution in [0.4, 0.5) is 0 Å². The van der Waals surface area contributed by atoms with Crippen LogP contribution in [0.1, 0.15) is 47.5 Å². The molecule has 62 valence electrons. The molecule has 0 radical (unpaired) electrons. The zero-order chi connectivity index (χ0) is 8.15. The van der Waals surface area contributed by atoms with E-state index in [-0.39, 0.29) is 0 Å². The summed E-state index contributed by atoms with van der Waals surface area (Å²) >= 11 is 0. The lowest BCUT2D eigenvalue weighted by molar-refractivity contribution is 0.626. The second-order valence-electron chi connectivity index (χ2n) is 3.99. The summed E-state index contributed by atoms with van der Waals surface area (Å²) in [6, 6.07) is 0. The summed E-state index contributed by atoms with van der Waals surface area (Å²) in [4.78, 5) is 0. The van der Waals surface area contributed by atoms with E-state index in [4.69, 9.17) is 0 Å². The summed E-state index contributed by atoms with van der Waals surface area (Å²) in [7, 11) is 0. The third kappa shape index (κ3) is 6.12. The van der Waals surface area contributed by atoms with E-state index in [0.717, 1.165) is 17.8 Å². The molecule has 1 aliphatic carbocycles. The molecule has 10 heavy (non-hydrogen) atoms. The van der Waals surface area contributed by atoms with E-state index in [1.54, 1.807) is 0 Å². The minimum atomic E-state index is 0.884. The van der Waals surface area contributed by atoms with Crippen LogP contribution in [0.5, 0.6) is 0 Å². The molecule has 0 aliphatic heterocycles. The molecule has 1 saturated carbocycles. The van der Waals surface area contributed by atoms with Crippen molar-refractivity contribution < 1.29 is 0 Å². The topological polar surface area (TPSA) is 0 Å². The van der Waals surface area contributed by atoms with Crippen molar-refractivity contribution in [2.24, 2.45) is 17.8 Å². The van der Waals surface area contributed by atoms with Crippen LogP contribution >= 0.6 is 0 Å². The lowest BCUT2D eigenvalue weighted by atomic mass is 10.2. The van der Waals surface area contributed by atoms with E-state index < -0.39 is 0 Å². The van der Waals surface area contributed by atoms with Gasteiger partial charge in [-0.3, -0.25) is 0 Å². The van der Waals surface area contributed by atoms with Gasteiger partial charge in [0.1, 0.15) is 0 Å². The Morgan fingerprint density at radius 1 is 1.20 bits per heavy atom. The van der Waals surface area contributed by atoms with Crippen LogP contribution < -0.4 is 0 Å². The monoisotopic (exact) mass is 142 g/mol. The van der Waals surface area contributed by atoms with Gasteiger partial charge in [-0.05, 0) is 24.2 Å². The van der Waals surface area contributed by atoms with Crippen molar-refractivity contribution >= 4 is 0 Å². The van der Waals surface area contributed by atoms with Gasteiger partial charge in [0.2, 0.25) is 0 Å². The Hall–Kier alpha value is 0. The van der Waals surface area contributed by atoms with Gasteiger partial charge in [0, 0.05) is 0 Å². The molecule has 0 aromatic rings. The Labute approximate surface area is 66.0 Å². The van der Waals surface area contributed by atoms with E-state index in [1.165, 1.54) is 12.8 Å². The highest BCUT2D eigenvalue weighted by Gasteiger charge is 2.26. The maximum atomic E-state index is 2.30. The van der Waals surface area contributed by atoms with Crippen LogP contribution in [-0.2, 0) is 0 Å². The van der Waals surface area contributed by atoms with Gasteiger partial charge >= 0.3 is 0 Å². The van der Waals surface area contributed by atoms with Gasteiger partial charge in [0.25, 0.3) is 0 Å². The summed E-state index contributed by atoms with van der Waals surface area (Å²) in [6.45, 7) is 11.2. The number of rotatable bonds is 1. The van der Waals surface area contributed by atoms with Crippen molar-refractivity contribution in [1.29, 1.82) is 0 Å². The van der Waals surface area contributed by atoms with Gasteiger partial charge < -0.3 is 0 Å². The van der Waals surface area contributed by atoms with E-state index >= 15 is 0 Å². The normalized spacial score (nSPS) is 29.4. The first-order valence-electron chi connectivity index (χ1n) is 4.57. The first-order valence-corrected chi connectivity index (χ1v) is 4.57. The Bertz CT molecular complexity index is 64.1. The van der Waals surface area contributed by atoms with Crippen molar-refractivity contribution in [3.63, 3.8) is 0 Å². The van der Waals surface area contributed by atoms with Crippen molar-refractivity contribution in [2.75, 3.05) is 0 Å². The molecule has 0 amide bonds. The zero-order valence-corrected chi connectivity index (χ0v) is 8.15. The Morgan fingerprint density at radius 2 is 1.40 bits per heavy atom. The van der Waals surface area contributed by atoms with Gasteiger partial charge in [-0.2, -0.15) is 0 Å². The van der Waals surface area contributed by atoms with E-state index in [2.05, 4.69) is 34.6 Å². The van der Waals surface area contributed by atoms with Crippen LogP contribution in [0.25, 0.3) is 0 Å². The van der Waals surface area contributed by atoms with E-state index in [9.17, 15) is 0 Å². The highest BCUT2D eigenvalue weighted by atomic mass is 14.3. The fourth-order valence-corrected chi connectivity index (χ4v) is 0.508. The van der Waals surface area contributed by atoms with E-state index in [1.807, 2.05) is 0 Å². The highest BCUT2D eigenvalue weighted by Crippen LogP contribution is 2.36. The molecule has 0 aromatic heterocycles. The standard InChI is InChI=1S/C5H10.C5H12/c1-4-3-5(4)2;1-4-5(2)3/h4-5H,3H2,1-2H3;5H,4H2,1-3H3. The minimum absolute atomic E-state index is 0.884. The maximum absolute atomic E-state index is 2.30. The third-order valence-electron chi connectivity index (χ3n) is 2.33. The van der Waals surface area contributed by atoms with Crippen molar-refractivity contribution in [3.8, 4) is 0 Å². The maximum Gasteiger partial charge on any atom is -0.0414 e. The van der Waals surface area contributed by atoms with Crippen molar-refractivity contribution in [3.05, 3.63) is 0 Å². The molecule has 0 saturated heterocycles. The third-order valence-corrected chi connectivity index (χ3v) is 2.33. The molecule has 0 nitrogen and oxygen atoms in total. The molecule has 0 heteroatoms. The minimum Gasteiger partial charge on any atom is -0.0651 e. The largest absolute Gasteiger partial charge is 0.0651 e. The molecule has 1 rings (SSSR count). The van der Waals surface area contributed by atoms with Gasteiger partial charge in [0.05, 0.1) is 0 Å². The first-order chi connectivity index (χ1) is 4.57. The molecule has 0 N–H and O–H groups in total. The van der Waals surface area contributed by atoms with Crippen LogP contribution in [0, 0.1) is 17.8 Å². The molecule has 2 unspecified atom stereocenters. The van der Waals surface area contributed by atoms with Gasteiger partial charge in [-0.1, -0.05) is 41.0 Å². The number of hydrogen-bond acceptors (Lipinski definition) is 0. The smallest absolute Gasteiger partial charge is 0.0414 e. The average molecular weight is 142 g/mol. The fourth-order valence-electron chi connectivity index (χ4n) is 0.508. The second kappa shape index (κ2) is 4.76. The Morgan fingerprint density at radius 3 is 1.40 bits per heavy atom. The first kappa shape index (κ1) is 10.0. The lowest BCUT2D eigenvalue weighted by Crippen LogP contribution is -1.77. The van der Waals surface area contributed by atoms with Crippen LogP contribution in [0.3, 0.4) is 0 Å². The Balaban J connectivity index is 0.000000162. The van der Waals surface area contributed by atoms with Crippen molar-refractivity contribution in [2.45, 2.75) is 47.5 Å². The predicted octanol–water partition coefficient (Wildman–Crippen LogP) is 3.71. The van der Waals surface area contributed by atoms with Crippen molar-refractivity contribution in [1.82, 2.24) is 0 Å². The summed E-state index contributed by atoms with van der Waals surface area (Å²) in [5, 5.41) is 0. The molecule has 0 heterocycles. The number of hydrogen-bond donors (Lipinski definition) is 0. The summed E-state index contributed by atoms with van der Waals surface area (Å²) < 4.78 is 0. The average Bonchev–Trinajstić information content (AvgIpc) is 2.47. The molecular formula is C10H22. The molecule has 0 bridgehead atoms. The molecule has 1 aliphatic rings. The second-order valence-corrected chi connectivity index (χ2v) is 3.99. The molecular weight excluding hydrogens is 120 g/mol. The quantitative estimate of drug-likeness (QED) is 0.523. The van der Waals surface area contributed by atoms with Gasteiger partial charge in [-0.25, -0.2) is 0 Å². The SMILES string of the molecule is CC1CC1C.CCC(C)C. The Kier molecular flexibility index (Phi) is 4.76. The summed E-state index contributed by atoms with van der Waals surface area (Å²) in [5.74, 6) is 2.99. The molecule has 1 fully saturated rings. The van der Waals surface area contributed by atoms with Gasteiger partial charge in [0.15, 0.2) is 0 Å². The summed E-state index contributed by atoms with van der Waals surface area (Å²) in [5.41, 5.74) is 0. The molecule has 2 atom stereocenters. The molecule has 0 aromatic carbocycles. The molecule has 0 spiro atoms. The van der Waals surface area contributed by atoms with Crippen LogP contribution in [0.2, 0.25) is 0 Å². The highest BCUT2D eigenvalue weighted by molar-refractivity contribution is 4.76. The van der Waals surface area contributed by atoms with Crippen LogP contribution in [-0.4, -0.2) is 0 Å². The van der Waals surface area contributed by atoms with Gasteiger partial charge in [-0.15, -0.1) is 0 Å². The predicted molar refractivity (Wildman–Crippen MR) is 48.1 cm³/mol.